The monoisotopic (exact) mass is 752 g/mol. The zero-order chi connectivity index (χ0) is 39.1. The number of amides is 5. The molecule has 8 rings (SSSR count). The molecule has 3 fully saturated rings. The van der Waals surface area contributed by atoms with Crippen LogP contribution in [0.5, 0.6) is 0 Å². The molecule has 0 unspecified atom stereocenters. The van der Waals surface area contributed by atoms with E-state index in [9.17, 15) is 34.5 Å². The van der Waals surface area contributed by atoms with Crippen molar-refractivity contribution in [1.82, 2.24) is 20.4 Å². The molecule has 4 aliphatic heterocycles. The molecule has 1 aliphatic carbocycles. The number of carbonyl (C=O) groups is 5. The number of fused-ring (bicyclic) bond motifs is 2. The Morgan fingerprint density at radius 2 is 1.46 bits per heavy atom. The molecule has 0 radical (unpaired) electrons. The van der Waals surface area contributed by atoms with Gasteiger partial charge in [0, 0.05) is 75.2 Å². The fraction of sp³-hybridized carbons (Fsp3) is 0.419. The van der Waals surface area contributed by atoms with Crippen LogP contribution in [0.4, 0.5) is 11.4 Å². The summed E-state index contributed by atoms with van der Waals surface area (Å²) in [4.78, 5) is 71.8. The van der Waals surface area contributed by atoms with E-state index in [1.165, 1.54) is 0 Å². The van der Waals surface area contributed by atoms with E-state index in [1.807, 2.05) is 49.5 Å². The van der Waals surface area contributed by atoms with Crippen LogP contribution >= 0.6 is 0 Å². The normalized spacial score (nSPS) is 22.6. The first-order chi connectivity index (χ1) is 27.1. The summed E-state index contributed by atoms with van der Waals surface area (Å²) in [5.74, 6) is -1.48. The smallest absolute Gasteiger partial charge is 0.262 e. The fourth-order valence-electron chi connectivity index (χ4n) is 9.16. The quantitative estimate of drug-likeness (QED) is 0.318. The average molecular weight is 753 g/mol. The molecule has 56 heavy (non-hydrogen) atoms. The van der Waals surface area contributed by atoms with E-state index >= 15 is 0 Å². The van der Waals surface area contributed by atoms with Gasteiger partial charge in [-0.15, -0.1) is 0 Å². The van der Waals surface area contributed by atoms with Crippen LogP contribution in [-0.4, -0.2) is 84.1 Å². The molecule has 0 spiro atoms. The Labute approximate surface area is 325 Å². The molecule has 2 N–H and O–H groups in total. The van der Waals surface area contributed by atoms with Gasteiger partial charge in [-0.1, -0.05) is 0 Å². The molecule has 2 saturated heterocycles. The average Bonchev–Trinajstić information content (AvgIpc) is 3.72. The lowest BCUT2D eigenvalue weighted by molar-refractivity contribution is -0.136. The molecular formula is C43H44N8O5. The lowest BCUT2D eigenvalue weighted by Gasteiger charge is -2.36. The molecule has 0 bridgehead atoms. The van der Waals surface area contributed by atoms with Gasteiger partial charge in [0.1, 0.15) is 18.2 Å². The fourth-order valence-corrected chi connectivity index (χ4v) is 9.16. The topological polar surface area (TPSA) is 170 Å². The maximum absolute atomic E-state index is 13.3. The molecule has 286 valence electrons. The van der Waals surface area contributed by atoms with Crippen molar-refractivity contribution in [3.8, 4) is 12.1 Å². The van der Waals surface area contributed by atoms with Crippen LogP contribution in [0.2, 0.25) is 0 Å². The number of benzene rings is 3. The Balaban J connectivity index is 0.784. The summed E-state index contributed by atoms with van der Waals surface area (Å²) in [5.41, 5.74) is 6.18. The minimum absolute atomic E-state index is 0.0602. The Kier molecular flexibility index (Phi) is 10.0. The van der Waals surface area contributed by atoms with Crippen molar-refractivity contribution in [3.63, 3.8) is 0 Å². The number of hydrogen-bond acceptors (Lipinski definition) is 10. The van der Waals surface area contributed by atoms with Gasteiger partial charge in [0.15, 0.2) is 0 Å². The second kappa shape index (κ2) is 15.2. The predicted octanol–water partition coefficient (Wildman–Crippen LogP) is 4.24. The highest BCUT2D eigenvalue weighted by molar-refractivity contribution is 6.23. The van der Waals surface area contributed by atoms with Crippen LogP contribution < -0.4 is 20.4 Å². The number of piperidine rings is 2. The summed E-state index contributed by atoms with van der Waals surface area (Å²) in [6.07, 6.45) is 5.87. The third-order valence-corrected chi connectivity index (χ3v) is 12.4. The summed E-state index contributed by atoms with van der Waals surface area (Å²) in [5, 5.41) is 24.1. The Morgan fingerprint density at radius 1 is 0.821 bits per heavy atom. The first-order valence-corrected chi connectivity index (χ1v) is 19.5. The number of rotatable bonds is 8. The van der Waals surface area contributed by atoms with Gasteiger partial charge in [-0.25, -0.2) is 0 Å². The van der Waals surface area contributed by atoms with Gasteiger partial charge in [0.25, 0.3) is 17.7 Å². The van der Waals surface area contributed by atoms with E-state index in [1.54, 1.807) is 12.1 Å². The molecule has 5 amide bonds. The SMILES string of the molecule is CN(c1ccc(C#N)c(C#N)c1)[C@H]1CC[C@H](NC(=O)c2ccc(N3CCC(CN4Cc5cc6c(cc5C4)C(=O)N([C@@H]4CCC(=O)NC4=O)C6=O)CC3)cc2)CC1. The van der Waals surface area contributed by atoms with E-state index in [4.69, 9.17) is 0 Å². The molecule has 0 aromatic heterocycles. The highest BCUT2D eigenvalue weighted by atomic mass is 16.2. The molecule has 3 aromatic carbocycles. The summed E-state index contributed by atoms with van der Waals surface area (Å²) in [6.45, 7) is 4.16. The Hall–Kier alpha value is -6.05. The largest absolute Gasteiger partial charge is 0.372 e. The number of carbonyl (C=O) groups excluding carboxylic acids is 5. The number of hydrogen-bond donors (Lipinski definition) is 2. The van der Waals surface area contributed by atoms with E-state index in [0.29, 0.717) is 52.9 Å². The minimum Gasteiger partial charge on any atom is -0.372 e. The van der Waals surface area contributed by atoms with Crippen LogP contribution in [0.15, 0.2) is 54.6 Å². The summed E-state index contributed by atoms with van der Waals surface area (Å²) < 4.78 is 0. The van der Waals surface area contributed by atoms with Gasteiger partial charge in [0.05, 0.1) is 22.3 Å². The van der Waals surface area contributed by atoms with Crippen molar-refractivity contribution in [3.05, 3.63) is 93.5 Å². The van der Waals surface area contributed by atoms with Gasteiger partial charge >= 0.3 is 0 Å². The number of anilines is 2. The van der Waals surface area contributed by atoms with Gasteiger partial charge in [-0.2, -0.15) is 10.5 Å². The van der Waals surface area contributed by atoms with Crippen LogP contribution in [-0.2, 0) is 22.7 Å². The lowest BCUT2D eigenvalue weighted by Crippen LogP contribution is -2.54. The Bertz CT molecular complexity index is 2150. The standard InChI is InChI=1S/C43H44N8O5/c1-48(35-9-4-28(21-44)29(18-35)22-45)33-10-5-32(6-11-33)46-40(53)27-2-7-34(8-3-27)50-16-14-26(15-17-50)23-49-24-30-19-36-37(20-31(30)25-49)43(56)51(42(36)55)38-12-13-39(52)47-41(38)54/h2-4,7-9,18-20,26,32-33,38H,5-6,10-17,23-25H2,1H3,(H,46,53)(H,47,52,54)/t32-,33-,38-/m1/s1. The first-order valence-electron chi connectivity index (χ1n) is 19.5. The van der Waals surface area contributed by atoms with Crippen molar-refractivity contribution >= 4 is 40.9 Å². The predicted molar refractivity (Wildman–Crippen MR) is 206 cm³/mol. The molecule has 4 heterocycles. The highest BCUT2D eigenvalue weighted by Crippen LogP contribution is 2.35. The third kappa shape index (κ3) is 7.11. The maximum Gasteiger partial charge on any atom is 0.262 e. The maximum atomic E-state index is 13.3. The van der Waals surface area contributed by atoms with Crippen molar-refractivity contribution in [1.29, 1.82) is 10.5 Å². The molecule has 5 aliphatic rings. The lowest BCUT2D eigenvalue weighted by atomic mass is 9.89. The second-order valence-corrected chi connectivity index (χ2v) is 15.8. The number of nitriles is 2. The summed E-state index contributed by atoms with van der Waals surface area (Å²) in [6, 6.07) is 20.5. The van der Waals surface area contributed by atoms with Gasteiger partial charge in [-0.05, 0) is 117 Å². The van der Waals surface area contributed by atoms with Crippen LogP contribution in [0.3, 0.4) is 0 Å². The summed E-state index contributed by atoms with van der Waals surface area (Å²) >= 11 is 0. The highest BCUT2D eigenvalue weighted by Gasteiger charge is 2.45. The van der Waals surface area contributed by atoms with E-state index < -0.39 is 23.8 Å². The number of nitrogens with one attached hydrogen (secondary N) is 2. The van der Waals surface area contributed by atoms with E-state index in [0.717, 1.165) is 85.6 Å². The first kappa shape index (κ1) is 36.9. The molecule has 1 atom stereocenters. The van der Waals surface area contributed by atoms with Gasteiger partial charge in [-0.3, -0.25) is 39.1 Å². The Morgan fingerprint density at radius 3 is 2.07 bits per heavy atom. The van der Waals surface area contributed by atoms with Gasteiger partial charge < -0.3 is 15.1 Å². The van der Waals surface area contributed by atoms with Crippen LogP contribution in [0, 0.1) is 28.6 Å². The number of imide groups is 2. The van der Waals surface area contributed by atoms with Gasteiger partial charge in [0.2, 0.25) is 11.8 Å². The zero-order valence-corrected chi connectivity index (χ0v) is 31.4. The molecule has 3 aromatic rings. The molecular weight excluding hydrogens is 709 g/mol. The van der Waals surface area contributed by atoms with Crippen molar-refractivity contribution in [2.45, 2.75) is 82.6 Å². The van der Waals surface area contributed by atoms with Crippen LogP contribution in [0.25, 0.3) is 0 Å². The van der Waals surface area contributed by atoms with E-state index in [2.05, 4.69) is 37.5 Å². The third-order valence-electron chi connectivity index (χ3n) is 12.4. The van der Waals surface area contributed by atoms with Crippen molar-refractivity contribution in [2.24, 2.45) is 5.92 Å². The zero-order valence-electron chi connectivity index (χ0n) is 31.4. The van der Waals surface area contributed by atoms with E-state index in [-0.39, 0.29) is 30.7 Å². The van der Waals surface area contributed by atoms with Crippen molar-refractivity contribution < 1.29 is 24.0 Å². The minimum atomic E-state index is -0.963. The van der Waals surface area contributed by atoms with Crippen molar-refractivity contribution in [2.75, 3.05) is 36.5 Å². The van der Waals surface area contributed by atoms with Crippen LogP contribution in [0.1, 0.15) is 105 Å². The molecule has 1 saturated carbocycles. The second-order valence-electron chi connectivity index (χ2n) is 15.8. The number of nitrogens with zero attached hydrogens (tertiary/aromatic N) is 6. The molecule has 13 nitrogen and oxygen atoms in total. The summed E-state index contributed by atoms with van der Waals surface area (Å²) in [7, 11) is 2.02. The molecule has 13 heteroatoms.